The van der Waals surface area contributed by atoms with Gasteiger partial charge in [-0.2, -0.15) is 5.10 Å². The summed E-state index contributed by atoms with van der Waals surface area (Å²) in [6.07, 6.45) is 9.68. The summed E-state index contributed by atoms with van der Waals surface area (Å²) in [7, 11) is 0. The maximum absolute atomic E-state index is 12.9. The minimum Gasteiger partial charge on any atom is -0.377 e. The SMILES string of the molecule is CCCO[C@@H]1CC[C@H](C(=O)N2CCC(Cn3cccn3)CC2)C[C@H]1N. The van der Waals surface area contributed by atoms with E-state index in [1.807, 2.05) is 23.1 Å². The third kappa shape index (κ3) is 4.82. The first-order valence-electron chi connectivity index (χ1n) is 9.80. The van der Waals surface area contributed by atoms with E-state index in [0.29, 0.717) is 11.8 Å². The molecule has 1 aliphatic heterocycles. The fourth-order valence-corrected chi connectivity index (χ4v) is 4.15. The lowest BCUT2D eigenvalue weighted by molar-refractivity contribution is -0.139. The molecule has 0 radical (unpaired) electrons. The summed E-state index contributed by atoms with van der Waals surface area (Å²) in [5.74, 6) is 1.01. The summed E-state index contributed by atoms with van der Waals surface area (Å²) in [6.45, 7) is 5.57. The molecule has 2 aliphatic rings. The van der Waals surface area contributed by atoms with Gasteiger partial charge in [0.2, 0.25) is 5.91 Å². The molecule has 0 bridgehead atoms. The first kappa shape index (κ1) is 18.4. The number of nitrogens with two attached hydrogens (primary N) is 1. The molecular weight excluding hydrogens is 316 g/mol. The highest BCUT2D eigenvalue weighted by Crippen LogP contribution is 2.29. The lowest BCUT2D eigenvalue weighted by Crippen LogP contribution is -2.48. The molecule has 1 saturated carbocycles. The van der Waals surface area contributed by atoms with Crippen molar-refractivity contribution in [2.45, 2.75) is 64.1 Å². The number of rotatable bonds is 6. The van der Waals surface area contributed by atoms with Crippen molar-refractivity contribution in [3.63, 3.8) is 0 Å². The zero-order chi connectivity index (χ0) is 17.6. The van der Waals surface area contributed by atoms with Crippen LogP contribution in [-0.2, 0) is 16.1 Å². The first-order chi connectivity index (χ1) is 12.2. The second-order valence-corrected chi connectivity index (χ2v) is 7.58. The van der Waals surface area contributed by atoms with Gasteiger partial charge >= 0.3 is 0 Å². The van der Waals surface area contributed by atoms with Gasteiger partial charge in [0.25, 0.3) is 0 Å². The second-order valence-electron chi connectivity index (χ2n) is 7.58. The second kappa shape index (κ2) is 8.81. The highest BCUT2D eigenvalue weighted by Gasteiger charge is 2.35. The molecule has 1 saturated heterocycles. The van der Waals surface area contributed by atoms with Crippen molar-refractivity contribution in [3.05, 3.63) is 18.5 Å². The number of aromatic nitrogens is 2. The smallest absolute Gasteiger partial charge is 0.225 e. The van der Waals surface area contributed by atoms with Gasteiger partial charge in [-0.3, -0.25) is 9.48 Å². The van der Waals surface area contributed by atoms with E-state index in [9.17, 15) is 4.79 Å². The molecule has 2 N–H and O–H groups in total. The van der Waals surface area contributed by atoms with Crippen molar-refractivity contribution in [2.75, 3.05) is 19.7 Å². The normalized spacial score (nSPS) is 28.2. The van der Waals surface area contributed by atoms with Crippen molar-refractivity contribution < 1.29 is 9.53 Å². The predicted octanol–water partition coefficient (Wildman–Crippen LogP) is 2.04. The molecule has 0 aromatic carbocycles. The van der Waals surface area contributed by atoms with E-state index in [2.05, 4.69) is 16.9 Å². The molecule has 1 aromatic rings. The zero-order valence-electron chi connectivity index (χ0n) is 15.3. The number of hydrogen-bond donors (Lipinski definition) is 1. The van der Waals surface area contributed by atoms with E-state index in [1.165, 1.54) is 0 Å². The Balaban J connectivity index is 1.43. The van der Waals surface area contributed by atoms with Gasteiger partial charge in [-0.1, -0.05) is 6.92 Å². The van der Waals surface area contributed by atoms with E-state index in [0.717, 1.165) is 64.8 Å². The predicted molar refractivity (Wildman–Crippen MR) is 96.9 cm³/mol. The Bertz CT molecular complexity index is 526. The Hall–Kier alpha value is -1.40. The standard InChI is InChI=1S/C19H32N4O2/c1-2-12-25-18-5-4-16(13-17(18)20)19(24)22-10-6-15(7-11-22)14-23-9-3-8-21-23/h3,8-9,15-18H,2,4-7,10-14,20H2,1H3/t16-,17+,18+/m0/s1. The van der Waals surface area contributed by atoms with Crippen molar-refractivity contribution in [1.82, 2.24) is 14.7 Å². The Morgan fingerprint density at radius 2 is 2.08 bits per heavy atom. The molecule has 3 atom stereocenters. The van der Waals surface area contributed by atoms with Crippen LogP contribution < -0.4 is 5.73 Å². The minimum atomic E-state index is -0.00777. The first-order valence-corrected chi connectivity index (χ1v) is 9.80. The van der Waals surface area contributed by atoms with Crippen LogP contribution in [0.5, 0.6) is 0 Å². The molecule has 1 aliphatic carbocycles. The number of carbonyl (C=O) groups excluding carboxylic acids is 1. The van der Waals surface area contributed by atoms with Crippen LogP contribution in [0.1, 0.15) is 45.4 Å². The number of amides is 1. The van der Waals surface area contributed by atoms with Gasteiger partial charge < -0.3 is 15.4 Å². The topological polar surface area (TPSA) is 73.4 Å². The van der Waals surface area contributed by atoms with E-state index < -0.39 is 0 Å². The fraction of sp³-hybridized carbons (Fsp3) is 0.789. The molecule has 2 heterocycles. The van der Waals surface area contributed by atoms with Gasteiger partial charge in [-0.25, -0.2) is 0 Å². The maximum atomic E-state index is 12.9. The van der Waals surface area contributed by atoms with Gasteiger partial charge in [-0.05, 0) is 50.5 Å². The number of ether oxygens (including phenoxy) is 1. The van der Waals surface area contributed by atoms with E-state index in [4.69, 9.17) is 10.5 Å². The molecule has 1 aromatic heterocycles. The monoisotopic (exact) mass is 348 g/mol. The molecule has 0 unspecified atom stereocenters. The molecule has 2 fully saturated rings. The molecule has 6 heteroatoms. The Kier molecular flexibility index (Phi) is 6.48. The van der Waals surface area contributed by atoms with Gasteiger partial charge in [0.15, 0.2) is 0 Å². The Labute approximate surface area is 150 Å². The number of piperidine rings is 1. The molecule has 3 rings (SSSR count). The summed E-state index contributed by atoms with van der Waals surface area (Å²) < 4.78 is 7.82. The van der Waals surface area contributed by atoms with Crippen LogP contribution in [0, 0.1) is 11.8 Å². The van der Waals surface area contributed by atoms with Crippen LogP contribution in [0.15, 0.2) is 18.5 Å². The quantitative estimate of drug-likeness (QED) is 0.854. The Morgan fingerprint density at radius 1 is 1.28 bits per heavy atom. The zero-order valence-corrected chi connectivity index (χ0v) is 15.3. The van der Waals surface area contributed by atoms with Crippen molar-refractivity contribution in [3.8, 4) is 0 Å². The summed E-state index contributed by atoms with van der Waals surface area (Å²) in [5, 5.41) is 4.28. The number of hydrogen-bond acceptors (Lipinski definition) is 4. The van der Waals surface area contributed by atoms with Crippen molar-refractivity contribution in [2.24, 2.45) is 17.6 Å². The molecular formula is C19H32N4O2. The van der Waals surface area contributed by atoms with Crippen molar-refractivity contribution in [1.29, 1.82) is 0 Å². The van der Waals surface area contributed by atoms with Crippen LogP contribution >= 0.6 is 0 Å². The molecule has 1 amide bonds. The maximum Gasteiger partial charge on any atom is 0.225 e. The van der Waals surface area contributed by atoms with E-state index >= 15 is 0 Å². The molecule has 140 valence electrons. The minimum absolute atomic E-state index is 0.00777. The fourth-order valence-electron chi connectivity index (χ4n) is 4.15. The largest absolute Gasteiger partial charge is 0.377 e. The molecule has 25 heavy (non-hydrogen) atoms. The summed E-state index contributed by atoms with van der Waals surface area (Å²) in [6, 6.07) is 1.95. The number of likely N-dealkylation sites (tertiary alicyclic amines) is 1. The highest BCUT2D eigenvalue weighted by atomic mass is 16.5. The van der Waals surface area contributed by atoms with Gasteiger partial charge in [0.05, 0.1) is 6.10 Å². The lowest BCUT2D eigenvalue weighted by Gasteiger charge is -2.38. The van der Waals surface area contributed by atoms with E-state index in [1.54, 1.807) is 0 Å². The third-order valence-corrected chi connectivity index (χ3v) is 5.65. The van der Waals surface area contributed by atoms with Crippen LogP contribution in [0.2, 0.25) is 0 Å². The third-order valence-electron chi connectivity index (χ3n) is 5.65. The average molecular weight is 348 g/mol. The lowest BCUT2D eigenvalue weighted by atomic mass is 9.82. The summed E-state index contributed by atoms with van der Waals surface area (Å²) >= 11 is 0. The molecule has 6 nitrogen and oxygen atoms in total. The Morgan fingerprint density at radius 3 is 2.72 bits per heavy atom. The molecule has 0 spiro atoms. The number of nitrogens with zero attached hydrogens (tertiary/aromatic N) is 3. The summed E-state index contributed by atoms with van der Waals surface area (Å²) in [5.41, 5.74) is 6.27. The van der Waals surface area contributed by atoms with Crippen molar-refractivity contribution >= 4 is 5.91 Å². The summed E-state index contributed by atoms with van der Waals surface area (Å²) in [4.78, 5) is 14.9. The van der Waals surface area contributed by atoms with E-state index in [-0.39, 0.29) is 18.1 Å². The van der Waals surface area contributed by atoms with Crippen LogP contribution in [-0.4, -0.2) is 52.4 Å². The average Bonchev–Trinajstić information content (AvgIpc) is 3.14. The van der Waals surface area contributed by atoms with Gasteiger partial charge in [0, 0.05) is 50.6 Å². The van der Waals surface area contributed by atoms with Crippen LogP contribution in [0.25, 0.3) is 0 Å². The van der Waals surface area contributed by atoms with Crippen LogP contribution in [0.3, 0.4) is 0 Å². The van der Waals surface area contributed by atoms with Gasteiger partial charge in [0.1, 0.15) is 0 Å². The van der Waals surface area contributed by atoms with Crippen LogP contribution in [0.4, 0.5) is 0 Å². The van der Waals surface area contributed by atoms with Gasteiger partial charge in [-0.15, -0.1) is 0 Å². The highest BCUT2D eigenvalue weighted by molar-refractivity contribution is 5.79. The number of carbonyl (C=O) groups is 1.